The molecule has 0 bridgehead atoms. The third-order valence-electron chi connectivity index (χ3n) is 4.07. The largest absolute Gasteiger partial charge is 0.353 e. The van der Waals surface area contributed by atoms with Gasteiger partial charge in [0.25, 0.3) is 0 Å². The molecule has 2 aromatic rings. The second-order valence-corrected chi connectivity index (χ2v) is 5.91. The van der Waals surface area contributed by atoms with Crippen LogP contribution < -0.4 is 4.90 Å². The van der Waals surface area contributed by atoms with E-state index in [4.69, 9.17) is 4.52 Å². The first-order chi connectivity index (χ1) is 10.6. The van der Waals surface area contributed by atoms with Gasteiger partial charge in [0.2, 0.25) is 5.89 Å². The zero-order valence-corrected chi connectivity index (χ0v) is 13.3. The Kier molecular flexibility index (Phi) is 4.33. The van der Waals surface area contributed by atoms with Gasteiger partial charge in [-0.3, -0.25) is 9.88 Å². The quantitative estimate of drug-likeness (QED) is 0.853. The number of piperazine rings is 1. The number of hydrogen-bond donors (Lipinski definition) is 0. The Morgan fingerprint density at radius 3 is 2.45 bits per heavy atom. The van der Waals surface area contributed by atoms with Crippen LogP contribution in [0.5, 0.6) is 0 Å². The van der Waals surface area contributed by atoms with Crippen molar-refractivity contribution < 1.29 is 4.52 Å². The maximum atomic E-state index is 5.41. The second-order valence-electron chi connectivity index (χ2n) is 5.91. The van der Waals surface area contributed by atoms with E-state index in [1.165, 1.54) is 0 Å². The SMILES string of the molecule is CC(C)c1noc([C@@H](C)N2CCN(c3cnccn3)CC2)n1. The summed E-state index contributed by atoms with van der Waals surface area (Å²) in [7, 11) is 0. The predicted octanol–water partition coefficient (Wildman–Crippen LogP) is 1.87. The molecule has 0 amide bonds. The van der Waals surface area contributed by atoms with Gasteiger partial charge in [0.05, 0.1) is 12.2 Å². The monoisotopic (exact) mass is 302 g/mol. The van der Waals surface area contributed by atoms with Gasteiger partial charge in [0.15, 0.2) is 5.82 Å². The van der Waals surface area contributed by atoms with Crippen LogP contribution in [0.15, 0.2) is 23.1 Å². The minimum atomic E-state index is 0.143. The molecule has 0 unspecified atom stereocenters. The van der Waals surface area contributed by atoms with Crippen molar-refractivity contribution >= 4 is 5.82 Å². The second kappa shape index (κ2) is 6.39. The van der Waals surface area contributed by atoms with E-state index >= 15 is 0 Å². The molecule has 3 rings (SSSR count). The smallest absolute Gasteiger partial charge is 0.243 e. The summed E-state index contributed by atoms with van der Waals surface area (Å²) >= 11 is 0. The molecule has 1 aliphatic heterocycles. The number of nitrogens with zero attached hydrogens (tertiary/aromatic N) is 6. The predicted molar refractivity (Wildman–Crippen MR) is 82.6 cm³/mol. The lowest BCUT2D eigenvalue weighted by molar-refractivity contribution is 0.164. The van der Waals surface area contributed by atoms with Crippen molar-refractivity contribution in [2.75, 3.05) is 31.1 Å². The van der Waals surface area contributed by atoms with Crippen molar-refractivity contribution in [3.8, 4) is 0 Å². The Labute approximate surface area is 130 Å². The Bertz CT molecular complexity index is 591. The van der Waals surface area contributed by atoms with Crippen molar-refractivity contribution in [1.82, 2.24) is 25.0 Å². The Morgan fingerprint density at radius 2 is 1.86 bits per heavy atom. The van der Waals surface area contributed by atoms with Gasteiger partial charge in [0.1, 0.15) is 5.82 Å². The van der Waals surface area contributed by atoms with Crippen LogP contribution in [0.25, 0.3) is 0 Å². The maximum absolute atomic E-state index is 5.41. The number of anilines is 1. The van der Waals surface area contributed by atoms with Crippen molar-refractivity contribution in [2.45, 2.75) is 32.7 Å². The highest BCUT2D eigenvalue weighted by atomic mass is 16.5. The maximum Gasteiger partial charge on any atom is 0.243 e. The summed E-state index contributed by atoms with van der Waals surface area (Å²) in [6, 6.07) is 0.143. The third-order valence-corrected chi connectivity index (χ3v) is 4.07. The molecule has 118 valence electrons. The summed E-state index contributed by atoms with van der Waals surface area (Å²) in [5.41, 5.74) is 0. The fraction of sp³-hybridized carbons (Fsp3) is 0.600. The molecule has 0 aliphatic carbocycles. The molecule has 1 fully saturated rings. The normalized spacial score (nSPS) is 17.9. The first-order valence-electron chi connectivity index (χ1n) is 7.73. The van der Waals surface area contributed by atoms with E-state index < -0.39 is 0 Å². The summed E-state index contributed by atoms with van der Waals surface area (Å²) in [4.78, 5) is 17.6. The van der Waals surface area contributed by atoms with Gasteiger partial charge in [-0.25, -0.2) is 4.98 Å². The summed E-state index contributed by atoms with van der Waals surface area (Å²) in [6.07, 6.45) is 5.24. The standard InChI is InChI=1S/C15H22N6O/c1-11(2)14-18-15(22-19-14)12(3)20-6-8-21(9-7-20)13-10-16-4-5-17-13/h4-5,10-12H,6-9H2,1-3H3/t12-/m1/s1. The van der Waals surface area contributed by atoms with Crippen LogP contribution in [0.3, 0.4) is 0 Å². The minimum Gasteiger partial charge on any atom is -0.353 e. The van der Waals surface area contributed by atoms with E-state index in [0.29, 0.717) is 11.8 Å². The fourth-order valence-electron chi connectivity index (χ4n) is 2.60. The van der Waals surface area contributed by atoms with Crippen molar-refractivity contribution in [3.05, 3.63) is 30.3 Å². The van der Waals surface area contributed by atoms with E-state index in [0.717, 1.165) is 37.8 Å². The molecule has 1 atom stereocenters. The van der Waals surface area contributed by atoms with Crippen LogP contribution in [-0.4, -0.2) is 51.2 Å². The number of rotatable bonds is 4. The van der Waals surface area contributed by atoms with Crippen molar-refractivity contribution in [1.29, 1.82) is 0 Å². The van der Waals surface area contributed by atoms with Crippen molar-refractivity contribution in [2.24, 2.45) is 0 Å². The lowest BCUT2D eigenvalue weighted by atomic mass is 10.2. The fourth-order valence-corrected chi connectivity index (χ4v) is 2.60. The van der Waals surface area contributed by atoms with Gasteiger partial charge < -0.3 is 9.42 Å². The van der Waals surface area contributed by atoms with Crippen LogP contribution in [0, 0.1) is 0 Å². The molecular weight excluding hydrogens is 280 g/mol. The van der Waals surface area contributed by atoms with E-state index in [1.807, 2.05) is 6.20 Å². The molecular formula is C15H22N6O. The number of hydrogen-bond acceptors (Lipinski definition) is 7. The number of aromatic nitrogens is 4. The summed E-state index contributed by atoms with van der Waals surface area (Å²) in [5, 5.41) is 4.05. The van der Waals surface area contributed by atoms with Crippen LogP contribution >= 0.6 is 0 Å². The first kappa shape index (κ1) is 14.9. The zero-order chi connectivity index (χ0) is 15.5. The molecule has 2 aromatic heterocycles. The van der Waals surface area contributed by atoms with Gasteiger partial charge in [-0.15, -0.1) is 0 Å². The average Bonchev–Trinajstić information content (AvgIpc) is 3.05. The van der Waals surface area contributed by atoms with E-state index in [-0.39, 0.29) is 6.04 Å². The zero-order valence-electron chi connectivity index (χ0n) is 13.3. The molecule has 0 aromatic carbocycles. The van der Waals surface area contributed by atoms with Gasteiger partial charge in [-0.1, -0.05) is 19.0 Å². The Balaban J connectivity index is 1.60. The summed E-state index contributed by atoms with van der Waals surface area (Å²) in [5.74, 6) is 2.71. The topological polar surface area (TPSA) is 71.2 Å². The molecule has 7 nitrogen and oxygen atoms in total. The molecule has 3 heterocycles. The average molecular weight is 302 g/mol. The van der Waals surface area contributed by atoms with E-state index in [1.54, 1.807) is 12.4 Å². The van der Waals surface area contributed by atoms with Gasteiger partial charge >= 0.3 is 0 Å². The van der Waals surface area contributed by atoms with Crippen molar-refractivity contribution in [3.63, 3.8) is 0 Å². The molecule has 0 radical (unpaired) electrons. The van der Waals surface area contributed by atoms with Gasteiger partial charge in [-0.05, 0) is 6.92 Å². The molecule has 1 aliphatic rings. The van der Waals surface area contributed by atoms with Crippen LogP contribution in [0.4, 0.5) is 5.82 Å². The highest BCUT2D eigenvalue weighted by Crippen LogP contribution is 2.23. The molecule has 22 heavy (non-hydrogen) atoms. The van der Waals surface area contributed by atoms with Gasteiger partial charge in [0, 0.05) is 44.5 Å². The van der Waals surface area contributed by atoms with Crippen LogP contribution in [0.1, 0.15) is 44.4 Å². The molecule has 0 N–H and O–H groups in total. The Morgan fingerprint density at radius 1 is 1.09 bits per heavy atom. The summed E-state index contributed by atoms with van der Waals surface area (Å²) in [6.45, 7) is 9.99. The molecule has 0 saturated carbocycles. The molecule has 0 spiro atoms. The Hall–Kier alpha value is -2.02. The van der Waals surface area contributed by atoms with Crippen LogP contribution in [-0.2, 0) is 0 Å². The molecule has 7 heteroatoms. The highest BCUT2D eigenvalue weighted by Gasteiger charge is 2.26. The lowest BCUT2D eigenvalue weighted by Crippen LogP contribution is -2.47. The van der Waals surface area contributed by atoms with Crippen LogP contribution in [0.2, 0.25) is 0 Å². The summed E-state index contributed by atoms with van der Waals surface area (Å²) < 4.78 is 5.41. The first-order valence-corrected chi connectivity index (χ1v) is 7.73. The lowest BCUT2D eigenvalue weighted by Gasteiger charge is -2.37. The van der Waals surface area contributed by atoms with Gasteiger partial charge in [-0.2, -0.15) is 4.98 Å². The highest BCUT2D eigenvalue weighted by molar-refractivity contribution is 5.35. The molecule has 1 saturated heterocycles. The minimum absolute atomic E-state index is 0.143. The van der Waals surface area contributed by atoms with E-state index in [9.17, 15) is 0 Å². The van der Waals surface area contributed by atoms with E-state index in [2.05, 4.69) is 50.7 Å². The third kappa shape index (κ3) is 3.09.